The number of para-hydroxylation sites is 2. The molecule has 3 heterocycles. The van der Waals surface area contributed by atoms with Gasteiger partial charge in [0.05, 0.1) is 17.6 Å². The summed E-state index contributed by atoms with van der Waals surface area (Å²) in [6.07, 6.45) is 5.61. The molecule has 2 saturated heterocycles. The first kappa shape index (κ1) is 20.3. The van der Waals surface area contributed by atoms with Crippen LogP contribution in [0, 0.1) is 5.92 Å². The lowest BCUT2D eigenvalue weighted by atomic mass is 9.90. The highest BCUT2D eigenvalue weighted by Crippen LogP contribution is 2.27. The molecule has 1 unspecified atom stereocenters. The summed E-state index contributed by atoms with van der Waals surface area (Å²) in [7, 11) is 0. The molecule has 0 spiro atoms. The van der Waals surface area contributed by atoms with Crippen LogP contribution in [0.3, 0.4) is 0 Å². The Morgan fingerprint density at radius 1 is 0.968 bits per heavy atom. The van der Waals surface area contributed by atoms with Crippen molar-refractivity contribution in [2.75, 3.05) is 32.7 Å². The van der Waals surface area contributed by atoms with Crippen molar-refractivity contribution in [1.29, 1.82) is 0 Å². The molecule has 1 amide bonds. The Morgan fingerprint density at radius 3 is 2.55 bits per heavy atom. The standard InChI is InChI=1S/C26H32N4O/c31-25(30-15-12-21(13-16-30)17-20-7-2-1-3-8-20)19-29-14-6-9-22(18-29)26-27-23-10-4-5-11-24(23)28-26/h1-5,7-8,10-11,21-22H,6,9,12-19H2,(H,27,28). The topological polar surface area (TPSA) is 52.2 Å². The Kier molecular flexibility index (Phi) is 6.03. The highest BCUT2D eigenvalue weighted by Gasteiger charge is 2.28. The number of aromatic nitrogens is 2. The fraction of sp³-hybridized carbons (Fsp3) is 0.462. The molecule has 2 fully saturated rings. The van der Waals surface area contributed by atoms with E-state index in [0.717, 1.165) is 75.1 Å². The summed E-state index contributed by atoms with van der Waals surface area (Å²) in [6, 6.07) is 18.9. The largest absolute Gasteiger partial charge is 0.342 e. The van der Waals surface area contributed by atoms with E-state index in [1.165, 1.54) is 5.56 Å². The van der Waals surface area contributed by atoms with Gasteiger partial charge in [0.25, 0.3) is 0 Å². The number of likely N-dealkylation sites (tertiary alicyclic amines) is 2. The molecule has 3 aromatic rings. The summed E-state index contributed by atoms with van der Waals surface area (Å²) in [4.78, 5) is 25.7. The summed E-state index contributed by atoms with van der Waals surface area (Å²) in [5.74, 6) is 2.44. The van der Waals surface area contributed by atoms with Crippen molar-refractivity contribution in [3.63, 3.8) is 0 Å². The molecule has 31 heavy (non-hydrogen) atoms. The number of amides is 1. The molecular weight excluding hydrogens is 384 g/mol. The number of fused-ring (bicyclic) bond motifs is 1. The number of imidazole rings is 1. The van der Waals surface area contributed by atoms with E-state index in [2.05, 4.69) is 57.2 Å². The molecule has 1 N–H and O–H groups in total. The minimum atomic E-state index is 0.295. The van der Waals surface area contributed by atoms with Crippen molar-refractivity contribution in [2.45, 2.75) is 38.0 Å². The number of carbonyl (C=O) groups is 1. The number of carbonyl (C=O) groups excluding carboxylic acids is 1. The Balaban J connectivity index is 1.13. The highest BCUT2D eigenvalue weighted by atomic mass is 16.2. The van der Waals surface area contributed by atoms with Crippen LogP contribution in [-0.4, -0.2) is 58.4 Å². The fourth-order valence-electron chi connectivity index (χ4n) is 5.21. The first-order chi connectivity index (χ1) is 15.2. The predicted octanol–water partition coefficient (Wildman–Crippen LogP) is 4.22. The first-order valence-corrected chi connectivity index (χ1v) is 11.7. The number of rotatable bonds is 5. The van der Waals surface area contributed by atoms with Crippen LogP contribution in [0.4, 0.5) is 0 Å². The zero-order valence-electron chi connectivity index (χ0n) is 18.2. The van der Waals surface area contributed by atoms with Gasteiger partial charge in [-0.2, -0.15) is 0 Å². The second-order valence-corrected chi connectivity index (χ2v) is 9.23. The number of nitrogens with zero attached hydrogens (tertiary/aromatic N) is 3. The monoisotopic (exact) mass is 416 g/mol. The fourth-order valence-corrected chi connectivity index (χ4v) is 5.21. The van der Waals surface area contributed by atoms with E-state index in [1.807, 2.05) is 12.1 Å². The average Bonchev–Trinajstić information content (AvgIpc) is 3.25. The van der Waals surface area contributed by atoms with Gasteiger partial charge in [-0.3, -0.25) is 9.69 Å². The molecule has 0 aliphatic carbocycles. The SMILES string of the molecule is O=C(CN1CCCC(c2nc3ccccc3[nH]2)C1)N1CCC(Cc2ccccc2)CC1. The highest BCUT2D eigenvalue weighted by molar-refractivity contribution is 5.78. The lowest BCUT2D eigenvalue weighted by molar-refractivity contribution is -0.134. The van der Waals surface area contributed by atoms with Crippen LogP contribution in [-0.2, 0) is 11.2 Å². The first-order valence-electron chi connectivity index (χ1n) is 11.7. The molecule has 162 valence electrons. The molecule has 1 aromatic heterocycles. The Morgan fingerprint density at radius 2 is 1.74 bits per heavy atom. The molecule has 0 radical (unpaired) electrons. The van der Waals surface area contributed by atoms with Crippen LogP contribution in [0.25, 0.3) is 11.0 Å². The molecule has 5 nitrogen and oxygen atoms in total. The normalized spacial score (nSPS) is 20.9. The molecule has 0 bridgehead atoms. The van der Waals surface area contributed by atoms with Gasteiger partial charge in [-0.05, 0) is 62.3 Å². The van der Waals surface area contributed by atoms with E-state index in [1.54, 1.807) is 0 Å². The van der Waals surface area contributed by atoms with Gasteiger partial charge in [0.15, 0.2) is 0 Å². The van der Waals surface area contributed by atoms with Crippen molar-refractivity contribution >= 4 is 16.9 Å². The Labute approximate surface area is 184 Å². The molecule has 1 atom stereocenters. The van der Waals surface area contributed by atoms with Gasteiger partial charge in [-0.1, -0.05) is 42.5 Å². The van der Waals surface area contributed by atoms with Crippen molar-refractivity contribution < 1.29 is 4.79 Å². The van der Waals surface area contributed by atoms with Crippen LogP contribution in [0.5, 0.6) is 0 Å². The Hall–Kier alpha value is -2.66. The van der Waals surface area contributed by atoms with E-state index in [9.17, 15) is 4.79 Å². The minimum absolute atomic E-state index is 0.295. The molecule has 5 rings (SSSR count). The summed E-state index contributed by atoms with van der Waals surface area (Å²) in [6.45, 7) is 4.26. The number of aromatic amines is 1. The van der Waals surface area contributed by atoms with Gasteiger partial charge >= 0.3 is 0 Å². The van der Waals surface area contributed by atoms with Crippen molar-refractivity contribution in [3.8, 4) is 0 Å². The maximum atomic E-state index is 13.0. The third kappa shape index (κ3) is 4.82. The molecule has 2 aliphatic rings. The number of benzene rings is 2. The van der Waals surface area contributed by atoms with Crippen LogP contribution in [0.1, 0.15) is 43.0 Å². The van der Waals surface area contributed by atoms with Crippen LogP contribution in [0.15, 0.2) is 54.6 Å². The van der Waals surface area contributed by atoms with E-state index in [0.29, 0.717) is 24.3 Å². The molecule has 2 aliphatic heterocycles. The van der Waals surface area contributed by atoms with E-state index < -0.39 is 0 Å². The van der Waals surface area contributed by atoms with Crippen LogP contribution < -0.4 is 0 Å². The maximum absolute atomic E-state index is 13.0. The lowest BCUT2D eigenvalue weighted by Crippen LogP contribution is -2.46. The lowest BCUT2D eigenvalue weighted by Gasteiger charge is -2.36. The van der Waals surface area contributed by atoms with Gasteiger partial charge in [-0.15, -0.1) is 0 Å². The Bertz CT molecular complexity index is 973. The number of hydrogen-bond donors (Lipinski definition) is 1. The quantitative estimate of drug-likeness (QED) is 0.677. The van der Waals surface area contributed by atoms with Gasteiger partial charge in [-0.25, -0.2) is 4.98 Å². The van der Waals surface area contributed by atoms with Crippen LogP contribution in [0.2, 0.25) is 0 Å². The zero-order chi connectivity index (χ0) is 21.0. The molecule has 0 saturated carbocycles. The summed E-state index contributed by atoms with van der Waals surface area (Å²) in [5, 5.41) is 0. The van der Waals surface area contributed by atoms with E-state index in [4.69, 9.17) is 4.98 Å². The molecule has 2 aromatic carbocycles. The van der Waals surface area contributed by atoms with E-state index in [-0.39, 0.29) is 0 Å². The summed E-state index contributed by atoms with van der Waals surface area (Å²) >= 11 is 0. The second-order valence-electron chi connectivity index (χ2n) is 9.23. The van der Waals surface area contributed by atoms with Gasteiger partial charge in [0.1, 0.15) is 5.82 Å². The molecular formula is C26H32N4O. The van der Waals surface area contributed by atoms with E-state index >= 15 is 0 Å². The maximum Gasteiger partial charge on any atom is 0.236 e. The van der Waals surface area contributed by atoms with Crippen molar-refractivity contribution in [3.05, 3.63) is 66.0 Å². The smallest absolute Gasteiger partial charge is 0.236 e. The van der Waals surface area contributed by atoms with Crippen molar-refractivity contribution in [2.24, 2.45) is 5.92 Å². The number of piperidine rings is 2. The van der Waals surface area contributed by atoms with Gasteiger partial charge < -0.3 is 9.88 Å². The zero-order valence-corrected chi connectivity index (χ0v) is 18.2. The number of hydrogen-bond acceptors (Lipinski definition) is 3. The van der Waals surface area contributed by atoms with Gasteiger partial charge in [0, 0.05) is 25.6 Å². The van der Waals surface area contributed by atoms with Crippen molar-refractivity contribution in [1.82, 2.24) is 19.8 Å². The van der Waals surface area contributed by atoms with Crippen LogP contribution >= 0.6 is 0 Å². The minimum Gasteiger partial charge on any atom is -0.342 e. The third-order valence-electron chi connectivity index (χ3n) is 6.99. The third-order valence-corrected chi connectivity index (χ3v) is 6.99. The predicted molar refractivity (Wildman–Crippen MR) is 124 cm³/mol. The summed E-state index contributed by atoms with van der Waals surface area (Å²) < 4.78 is 0. The van der Waals surface area contributed by atoms with Gasteiger partial charge in [0.2, 0.25) is 5.91 Å². The summed E-state index contributed by atoms with van der Waals surface area (Å²) in [5.41, 5.74) is 3.55. The average molecular weight is 417 g/mol. The second kappa shape index (κ2) is 9.23. The number of H-pyrrole nitrogens is 1. The molecule has 5 heteroatoms. The number of nitrogens with one attached hydrogen (secondary N) is 1.